The van der Waals surface area contributed by atoms with Crippen LogP contribution in [0.4, 0.5) is 11.6 Å². The van der Waals surface area contributed by atoms with E-state index in [1.807, 2.05) is 24.3 Å². The van der Waals surface area contributed by atoms with Crippen molar-refractivity contribution in [1.29, 1.82) is 0 Å². The summed E-state index contributed by atoms with van der Waals surface area (Å²) in [5, 5.41) is 12.3. The average Bonchev–Trinajstić information content (AvgIpc) is 2.47. The molecule has 104 valence electrons. The molecule has 6 nitrogen and oxygen atoms in total. The summed E-state index contributed by atoms with van der Waals surface area (Å²) in [6.07, 6.45) is 0. The lowest BCUT2D eigenvalue weighted by Gasteiger charge is -2.06. The van der Waals surface area contributed by atoms with Gasteiger partial charge in [0, 0.05) is 22.4 Å². The second kappa shape index (κ2) is 5.37. The van der Waals surface area contributed by atoms with Gasteiger partial charge in [0.2, 0.25) is 5.95 Å². The quantitative estimate of drug-likeness (QED) is 0.453. The Morgan fingerprint density at radius 1 is 1.05 bits per heavy atom. The topological polar surface area (TPSA) is 94.9 Å². The van der Waals surface area contributed by atoms with Crippen LogP contribution in [-0.4, -0.2) is 14.9 Å². The van der Waals surface area contributed by atoms with Gasteiger partial charge in [0.1, 0.15) is 5.03 Å². The molecule has 7 heteroatoms. The van der Waals surface area contributed by atoms with Crippen LogP contribution in [0, 0.1) is 10.1 Å². The Balaban J connectivity index is 1.99. The fourth-order valence-electron chi connectivity index (χ4n) is 1.89. The van der Waals surface area contributed by atoms with Crippen molar-refractivity contribution in [2.24, 2.45) is 0 Å². The average molecular weight is 298 g/mol. The predicted octanol–water partition coefficient (Wildman–Crippen LogP) is 3.27. The Morgan fingerprint density at radius 2 is 1.76 bits per heavy atom. The van der Waals surface area contributed by atoms with Crippen LogP contribution in [0.5, 0.6) is 0 Å². The van der Waals surface area contributed by atoms with Crippen LogP contribution in [0.1, 0.15) is 0 Å². The molecule has 0 amide bonds. The van der Waals surface area contributed by atoms with E-state index in [9.17, 15) is 10.1 Å². The zero-order valence-electron chi connectivity index (χ0n) is 10.8. The van der Waals surface area contributed by atoms with Crippen LogP contribution >= 0.6 is 11.8 Å². The number of benzene rings is 2. The van der Waals surface area contributed by atoms with E-state index >= 15 is 0 Å². The van der Waals surface area contributed by atoms with Crippen LogP contribution in [0.3, 0.4) is 0 Å². The van der Waals surface area contributed by atoms with Crippen molar-refractivity contribution in [3.8, 4) is 0 Å². The molecule has 0 bridgehead atoms. The van der Waals surface area contributed by atoms with Gasteiger partial charge in [-0.1, -0.05) is 30.0 Å². The molecule has 0 saturated carbocycles. The van der Waals surface area contributed by atoms with Crippen molar-refractivity contribution in [2.75, 3.05) is 5.73 Å². The lowest BCUT2D eigenvalue weighted by atomic mass is 10.2. The molecule has 3 aromatic rings. The molecular weight excluding hydrogens is 288 g/mol. The summed E-state index contributed by atoms with van der Waals surface area (Å²) in [4.78, 5) is 19.5. The van der Waals surface area contributed by atoms with Gasteiger partial charge in [0.05, 0.1) is 10.4 Å². The third-order valence-electron chi connectivity index (χ3n) is 2.85. The Bertz CT molecular complexity index is 821. The molecule has 1 heterocycles. The number of non-ortho nitro benzene ring substituents is 1. The molecule has 1 aromatic heterocycles. The second-order valence-corrected chi connectivity index (χ2v) is 5.32. The van der Waals surface area contributed by atoms with Crippen molar-refractivity contribution in [3.63, 3.8) is 0 Å². The monoisotopic (exact) mass is 298 g/mol. The van der Waals surface area contributed by atoms with E-state index in [-0.39, 0.29) is 11.6 Å². The summed E-state index contributed by atoms with van der Waals surface area (Å²) in [5.41, 5.74) is 6.55. The smallest absolute Gasteiger partial charge is 0.269 e. The number of nitro benzene ring substituents is 1. The lowest BCUT2D eigenvalue weighted by Crippen LogP contribution is -1.97. The first kappa shape index (κ1) is 13.3. The minimum atomic E-state index is -0.424. The minimum absolute atomic E-state index is 0.0615. The summed E-state index contributed by atoms with van der Waals surface area (Å²) in [6.45, 7) is 0. The predicted molar refractivity (Wildman–Crippen MR) is 81.2 cm³/mol. The Morgan fingerprint density at radius 3 is 2.48 bits per heavy atom. The Kier molecular flexibility index (Phi) is 3.41. The van der Waals surface area contributed by atoms with Crippen LogP contribution in [0.25, 0.3) is 10.9 Å². The number of nitrogens with zero attached hydrogens (tertiary/aromatic N) is 3. The van der Waals surface area contributed by atoms with Crippen molar-refractivity contribution in [3.05, 3.63) is 58.6 Å². The number of rotatable bonds is 3. The molecule has 0 unspecified atom stereocenters. The number of hydrogen-bond donors (Lipinski definition) is 1. The van der Waals surface area contributed by atoms with Crippen LogP contribution in [0.15, 0.2) is 58.5 Å². The van der Waals surface area contributed by atoms with Crippen LogP contribution in [0.2, 0.25) is 0 Å². The Labute approximate surface area is 124 Å². The van der Waals surface area contributed by atoms with Gasteiger partial charge in [0.25, 0.3) is 5.69 Å². The second-order valence-electron chi connectivity index (χ2n) is 4.26. The summed E-state index contributed by atoms with van der Waals surface area (Å²) in [6, 6.07) is 13.9. The molecule has 0 radical (unpaired) electrons. The number of para-hydroxylation sites is 1. The number of nitrogens with two attached hydrogens (primary N) is 1. The largest absolute Gasteiger partial charge is 0.368 e. The van der Waals surface area contributed by atoms with Gasteiger partial charge < -0.3 is 5.73 Å². The van der Waals surface area contributed by atoms with Gasteiger partial charge in [-0.3, -0.25) is 10.1 Å². The summed E-state index contributed by atoms with van der Waals surface area (Å²) < 4.78 is 0. The maximum Gasteiger partial charge on any atom is 0.269 e. The lowest BCUT2D eigenvalue weighted by molar-refractivity contribution is -0.384. The van der Waals surface area contributed by atoms with E-state index in [0.717, 1.165) is 20.8 Å². The molecule has 0 aliphatic heterocycles. The van der Waals surface area contributed by atoms with Gasteiger partial charge in [-0.05, 0) is 18.2 Å². The highest BCUT2D eigenvalue weighted by atomic mass is 32.2. The first-order chi connectivity index (χ1) is 10.1. The summed E-state index contributed by atoms with van der Waals surface area (Å²) in [7, 11) is 0. The van der Waals surface area contributed by atoms with E-state index in [1.54, 1.807) is 12.1 Å². The third kappa shape index (κ3) is 2.77. The molecule has 21 heavy (non-hydrogen) atoms. The maximum absolute atomic E-state index is 10.7. The molecule has 0 saturated heterocycles. The molecule has 0 spiro atoms. The van der Waals surface area contributed by atoms with E-state index in [4.69, 9.17) is 5.73 Å². The number of nitrogen functional groups attached to an aromatic ring is 1. The third-order valence-corrected chi connectivity index (χ3v) is 3.86. The van der Waals surface area contributed by atoms with Gasteiger partial charge >= 0.3 is 0 Å². The molecule has 2 aromatic carbocycles. The molecule has 0 aliphatic carbocycles. The standard InChI is InChI=1S/C14H10N4O2S/c15-14-16-12-4-2-1-3-11(12)13(17-14)21-10-7-5-9(6-8-10)18(19)20/h1-8H,(H2,15,16,17). The van der Waals surface area contributed by atoms with Crippen molar-refractivity contribution < 1.29 is 4.92 Å². The maximum atomic E-state index is 10.7. The number of nitro groups is 1. The van der Waals surface area contributed by atoms with Crippen LogP contribution in [-0.2, 0) is 0 Å². The van der Waals surface area contributed by atoms with E-state index in [0.29, 0.717) is 0 Å². The molecule has 2 N–H and O–H groups in total. The van der Waals surface area contributed by atoms with Crippen molar-refractivity contribution in [1.82, 2.24) is 9.97 Å². The van der Waals surface area contributed by atoms with Crippen LogP contribution < -0.4 is 5.73 Å². The van der Waals surface area contributed by atoms with E-state index in [2.05, 4.69) is 9.97 Å². The first-order valence-corrected chi connectivity index (χ1v) is 6.90. The molecule has 0 atom stereocenters. The summed E-state index contributed by atoms with van der Waals surface area (Å²) in [5.74, 6) is 0.207. The van der Waals surface area contributed by atoms with Crippen molar-refractivity contribution >= 4 is 34.3 Å². The first-order valence-electron chi connectivity index (χ1n) is 6.08. The molecule has 0 fully saturated rings. The zero-order chi connectivity index (χ0) is 14.8. The number of hydrogen-bond acceptors (Lipinski definition) is 6. The fraction of sp³-hybridized carbons (Fsp3) is 0. The Hall–Kier alpha value is -2.67. The SMILES string of the molecule is Nc1nc(Sc2ccc([N+](=O)[O-])cc2)c2ccccc2n1. The van der Waals surface area contributed by atoms with E-state index in [1.165, 1.54) is 23.9 Å². The van der Waals surface area contributed by atoms with Gasteiger partial charge in [-0.15, -0.1) is 0 Å². The molecule has 3 rings (SSSR count). The van der Waals surface area contributed by atoms with Gasteiger partial charge in [0.15, 0.2) is 0 Å². The number of fused-ring (bicyclic) bond motifs is 1. The van der Waals surface area contributed by atoms with Crippen molar-refractivity contribution in [2.45, 2.75) is 9.92 Å². The minimum Gasteiger partial charge on any atom is -0.368 e. The van der Waals surface area contributed by atoms with E-state index < -0.39 is 4.92 Å². The zero-order valence-corrected chi connectivity index (χ0v) is 11.6. The normalized spacial score (nSPS) is 10.7. The molecular formula is C14H10N4O2S. The van der Waals surface area contributed by atoms with Gasteiger partial charge in [-0.2, -0.15) is 0 Å². The highest BCUT2D eigenvalue weighted by molar-refractivity contribution is 7.99. The number of aromatic nitrogens is 2. The fourth-order valence-corrected chi connectivity index (χ4v) is 2.81. The molecule has 0 aliphatic rings. The van der Waals surface area contributed by atoms with Gasteiger partial charge in [-0.25, -0.2) is 9.97 Å². The number of anilines is 1. The highest BCUT2D eigenvalue weighted by Crippen LogP contribution is 2.32. The summed E-state index contributed by atoms with van der Waals surface area (Å²) >= 11 is 1.40. The highest BCUT2D eigenvalue weighted by Gasteiger charge is 2.09.